The highest BCUT2D eigenvalue weighted by Gasteiger charge is 2.29. The van der Waals surface area contributed by atoms with E-state index < -0.39 is 0 Å². The first kappa shape index (κ1) is 15.6. The van der Waals surface area contributed by atoms with Crippen LogP contribution in [0.4, 0.5) is 11.5 Å². The lowest BCUT2D eigenvalue weighted by Gasteiger charge is -2.18. The molecule has 1 saturated carbocycles. The maximum absolute atomic E-state index is 10.9. The van der Waals surface area contributed by atoms with Crippen LogP contribution in [-0.4, -0.2) is 22.6 Å². The molecule has 1 aliphatic carbocycles. The minimum absolute atomic E-state index is 0.341. The average Bonchev–Trinajstić information content (AvgIpc) is 3.49. The summed E-state index contributed by atoms with van der Waals surface area (Å²) in [4.78, 5) is 10.9. The number of fused-ring (bicyclic) bond motifs is 1. The first-order valence-corrected chi connectivity index (χ1v) is 8.59. The lowest BCUT2D eigenvalue weighted by Crippen LogP contribution is -2.19. The summed E-state index contributed by atoms with van der Waals surface area (Å²) in [6, 6.07) is 16.7. The Morgan fingerprint density at radius 1 is 1.08 bits per heavy atom. The van der Waals surface area contributed by atoms with Crippen molar-refractivity contribution in [3.05, 3.63) is 48.5 Å². The van der Waals surface area contributed by atoms with Crippen molar-refractivity contribution in [1.29, 1.82) is 0 Å². The number of nitrogens with zero attached hydrogens (tertiary/aromatic N) is 2. The van der Waals surface area contributed by atoms with Crippen molar-refractivity contribution in [1.82, 2.24) is 10.2 Å². The summed E-state index contributed by atoms with van der Waals surface area (Å²) >= 11 is 0. The van der Waals surface area contributed by atoms with Gasteiger partial charge in [0.15, 0.2) is 5.82 Å². The summed E-state index contributed by atoms with van der Waals surface area (Å²) in [5.74, 6) is 1.17. The molecule has 1 atom stereocenters. The van der Waals surface area contributed by atoms with Crippen molar-refractivity contribution in [2.75, 3.05) is 10.6 Å². The molecule has 25 heavy (non-hydrogen) atoms. The average molecular weight is 332 g/mol. The number of benzene rings is 2. The molecule has 0 spiro atoms. The fraction of sp³-hybridized carbons (Fsp3) is 0.250. The zero-order chi connectivity index (χ0) is 17.2. The fourth-order valence-electron chi connectivity index (χ4n) is 3.16. The van der Waals surface area contributed by atoms with Crippen LogP contribution in [0.1, 0.15) is 19.8 Å². The second kappa shape index (κ2) is 6.51. The molecule has 2 N–H and O–H groups in total. The van der Waals surface area contributed by atoms with Gasteiger partial charge in [0, 0.05) is 11.4 Å². The number of carbonyl (C=O) groups is 1. The molecule has 1 heterocycles. The van der Waals surface area contributed by atoms with Gasteiger partial charge < -0.3 is 10.6 Å². The van der Waals surface area contributed by atoms with Crippen molar-refractivity contribution in [2.45, 2.75) is 25.8 Å². The minimum Gasteiger partial charge on any atom is -0.379 e. The molecule has 0 bridgehead atoms. The number of hydrogen-bond acceptors (Lipinski definition) is 4. The Morgan fingerprint density at radius 3 is 2.60 bits per heavy atom. The second-order valence-electron chi connectivity index (χ2n) is 6.55. The van der Waals surface area contributed by atoms with Gasteiger partial charge in [0.25, 0.3) is 0 Å². The van der Waals surface area contributed by atoms with Gasteiger partial charge in [0.2, 0.25) is 6.41 Å². The molecule has 2 aromatic carbocycles. The lowest BCUT2D eigenvalue weighted by atomic mass is 10.0. The van der Waals surface area contributed by atoms with Crippen LogP contribution >= 0.6 is 0 Å². The van der Waals surface area contributed by atoms with Crippen molar-refractivity contribution in [3.8, 4) is 11.1 Å². The number of rotatable bonds is 6. The number of amides is 1. The Bertz CT molecular complexity index is 906. The molecular formula is C20H20N4O. The van der Waals surface area contributed by atoms with E-state index in [2.05, 4.69) is 46.0 Å². The third-order valence-electron chi connectivity index (χ3n) is 4.77. The van der Waals surface area contributed by atoms with E-state index in [0.29, 0.717) is 24.2 Å². The van der Waals surface area contributed by atoms with Crippen LogP contribution in [-0.2, 0) is 4.79 Å². The zero-order valence-electron chi connectivity index (χ0n) is 14.1. The molecular weight excluding hydrogens is 312 g/mol. The first-order valence-electron chi connectivity index (χ1n) is 8.59. The SMILES string of the molecule is C[C@@H](Nc1c(NC=O)nnc2cc(-c3ccccc3)ccc12)C1CC1. The van der Waals surface area contributed by atoms with Gasteiger partial charge >= 0.3 is 0 Å². The van der Waals surface area contributed by atoms with E-state index in [1.54, 1.807) is 0 Å². The van der Waals surface area contributed by atoms with Crippen LogP contribution in [0.25, 0.3) is 22.0 Å². The Kier molecular flexibility index (Phi) is 4.06. The molecule has 0 unspecified atom stereocenters. The number of carbonyl (C=O) groups excluding carboxylic acids is 1. The highest BCUT2D eigenvalue weighted by Crippen LogP contribution is 2.37. The van der Waals surface area contributed by atoms with E-state index >= 15 is 0 Å². The van der Waals surface area contributed by atoms with E-state index in [1.165, 1.54) is 12.8 Å². The van der Waals surface area contributed by atoms with E-state index in [-0.39, 0.29) is 0 Å². The Balaban J connectivity index is 1.78. The van der Waals surface area contributed by atoms with Crippen LogP contribution in [0.15, 0.2) is 48.5 Å². The Morgan fingerprint density at radius 2 is 1.88 bits per heavy atom. The quantitative estimate of drug-likeness (QED) is 0.668. The van der Waals surface area contributed by atoms with Gasteiger partial charge in [-0.15, -0.1) is 10.2 Å². The molecule has 0 aliphatic heterocycles. The summed E-state index contributed by atoms with van der Waals surface area (Å²) in [7, 11) is 0. The molecule has 5 nitrogen and oxygen atoms in total. The fourth-order valence-corrected chi connectivity index (χ4v) is 3.16. The van der Waals surface area contributed by atoms with E-state index in [0.717, 1.165) is 27.7 Å². The minimum atomic E-state index is 0.341. The van der Waals surface area contributed by atoms with Gasteiger partial charge in [0.05, 0.1) is 11.2 Å². The van der Waals surface area contributed by atoms with E-state index in [9.17, 15) is 4.79 Å². The molecule has 1 aromatic heterocycles. The number of nitrogens with one attached hydrogen (secondary N) is 2. The van der Waals surface area contributed by atoms with Gasteiger partial charge in [-0.1, -0.05) is 36.4 Å². The maximum atomic E-state index is 10.9. The van der Waals surface area contributed by atoms with Crippen molar-refractivity contribution in [3.63, 3.8) is 0 Å². The maximum Gasteiger partial charge on any atom is 0.212 e. The highest BCUT2D eigenvalue weighted by atomic mass is 16.1. The summed E-state index contributed by atoms with van der Waals surface area (Å²) in [5, 5.41) is 15.7. The monoisotopic (exact) mass is 332 g/mol. The third-order valence-corrected chi connectivity index (χ3v) is 4.77. The van der Waals surface area contributed by atoms with Crippen LogP contribution in [0.3, 0.4) is 0 Å². The Labute approximate surface area is 146 Å². The number of anilines is 2. The van der Waals surface area contributed by atoms with Crippen LogP contribution in [0.2, 0.25) is 0 Å². The van der Waals surface area contributed by atoms with Crippen LogP contribution < -0.4 is 10.6 Å². The van der Waals surface area contributed by atoms with Crippen molar-refractivity contribution < 1.29 is 4.79 Å². The van der Waals surface area contributed by atoms with Gasteiger partial charge in [-0.2, -0.15) is 0 Å². The molecule has 4 rings (SSSR count). The van der Waals surface area contributed by atoms with E-state index in [4.69, 9.17) is 0 Å². The Hall–Kier alpha value is -2.95. The second-order valence-corrected chi connectivity index (χ2v) is 6.55. The number of aromatic nitrogens is 2. The van der Waals surface area contributed by atoms with Crippen molar-refractivity contribution in [2.24, 2.45) is 5.92 Å². The molecule has 126 valence electrons. The summed E-state index contributed by atoms with van der Waals surface area (Å²) < 4.78 is 0. The zero-order valence-corrected chi connectivity index (χ0v) is 14.1. The molecule has 0 saturated heterocycles. The van der Waals surface area contributed by atoms with Crippen molar-refractivity contribution >= 4 is 28.8 Å². The predicted octanol–water partition coefficient (Wildman–Crippen LogP) is 4.08. The molecule has 3 aromatic rings. The highest BCUT2D eigenvalue weighted by molar-refractivity contribution is 5.99. The first-order chi connectivity index (χ1) is 12.3. The summed E-state index contributed by atoms with van der Waals surface area (Å²) in [6.07, 6.45) is 3.14. The molecule has 0 radical (unpaired) electrons. The molecule has 5 heteroatoms. The van der Waals surface area contributed by atoms with Gasteiger partial charge in [0.1, 0.15) is 0 Å². The molecule has 1 aliphatic rings. The molecule has 1 fully saturated rings. The van der Waals surface area contributed by atoms with Gasteiger partial charge in [-0.25, -0.2) is 0 Å². The van der Waals surface area contributed by atoms with Crippen LogP contribution in [0, 0.1) is 5.92 Å². The molecule has 1 amide bonds. The smallest absolute Gasteiger partial charge is 0.212 e. The third kappa shape index (κ3) is 3.18. The van der Waals surface area contributed by atoms with E-state index in [1.807, 2.05) is 30.3 Å². The predicted molar refractivity (Wildman–Crippen MR) is 100 cm³/mol. The summed E-state index contributed by atoms with van der Waals surface area (Å²) in [5.41, 5.74) is 3.89. The summed E-state index contributed by atoms with van der Waals surface area (Å²) in [6.45, 7) is 2.17. The van der Waals surface area contributed by atoms with Crippen LogP contribution in [0.5, 0.6) is 0 Å². The standard InChI is InChI=1S/C20H20N4O/c1-13(14-7-8-14)22-19-17-10-9-16(15-5-3-2-4-6-15)11-18(17)23-24-20(19)21-12-25/h2-6,9-14H,7-8H2,1H3,(H,22,23)(H,21,24,25)/t13-/m1/s1. The van der Waals surface area contributed by atoms with Gasteiger partial charge in [-0.3, -0.25) is 4.79 Å². The number of hydrogen-bond donors (Lipinski definition) is 2. The largest absolute Gasteiger partial charge is 0.379 e. The topological polar surface area (TPSA) is 66.9 Å². The normalized spacial score (nSPS) is 14.9. The lowest BCUT2D eigenvalue weighted by molar-refractivity contribution is -0.105. The van der Waals surface area contributed by atoms with Gasteiger partial charge in [-0.05, 0) is 48.9 Å².